The summed E-state index contributed by atoms with van der Waals surface area (Å²) in [7, 11) is 0. The molecule has 4 heterocycles. The van der Waals surface area contributed by atoms with Crippen LogP contribution < -0.4 is 0 Å². The highest BCUT2D eigenvalue weighted by Gasteiger charge is 2.22. The van der Waals surface area contributed by atoms with Crippen LogP contribution in [-0.2, 0) is 0 Å². The van der Waals surface area contributed by atoms with E-state index in [1.807, 2.05) is 12.1 Å². The maximum Gasteiger partial charge on any atom is 0.236 e. The molecular formula is C38H21N3OS. The number of hydrogen-bond donors (Lipinski definition) is 0. The summed E-state index contributed by atoms with van der Waals surface area (Å²) >= 11 is 1.71. The van der Waals surface area contributed by atoms with Gasteiger partial charge in [-0.05, 0) is 47.2 Å². The predicted molar refractivity (Wildman–Crippen MR) is 179 cm³/mol. The first-order valence-electron chi connectivity index (χ1n) is 14.3. The molecule has 10 rings (SSSR count). The van der Waals surface area contributed by atoms with Gasteiger partial charge in [0.25, 0.3) is 0 Å². The molecule has 0 aliphatic heterocycles. The van der Waals surface area contributed by atoms with Crippen molar-refractivity contribution in [3.05, 3.63) is 127 Å². The van der Waals surface area contributed by atoms with Gasteiger partial charge < -0.3 is 4.42 Å². The number of nitrogens with zero attached hydrogens (tertiary/aromatic N) is 3. The highest BCUT2D eigenvalue weighted by atomic mass is 32.1. The van der Waals surface area contributed by atoms with Crippen molar-refractivity contribution in [3.8, 4) is 17.2 Å². The molecule has 0 saturated carbocycles. The molecule has 10 aromatic rings. The highest BCUT2D eigenvalue weighted by molar-refractivity contribution is 7.25. The zero-order valence-electron chi connectivity index (χ0n) is 22.8. The van der Waals surface area contributed by atoms with Gasteiger partial charge in [-0.25, -0.2) is 9.97 Å². The van der Waals surface area contributed by atoms with Crippen LogP contribution in [0.2, 0.25) is 0 Å². The fraction of sp³-hybridized carbons (Fsp3) is 0. The van der Waals surface area contributed by atoms with E-state index in [1.54, 1.807) is 11.3 Å². The summed E-state index contributed by atoms with van der Waals surface area (Å²) in [6.45, 7) is 0. The first-order chi connectivity index (χ1) is 21.3. The van der Waals surface area contributed by atoms with Gasteiger partial charge in [-0.1, -0.05) is 91.0 Å². The fourth-order valence-electron chi connectivity index (χ4n) is 6.71. The van der Waals surface area contributed by atoms with E-state index < -0.39 is 0 Å². The van der Waals surface area contributed by atoms with E-state index in [1.165, 1.54) is 26.2 Å². The van der Waals surface area contributed by atoms with Crippen LogP contribution in [0.25, 0.3) is 92.0 Å². The highest BCUT2D eigenvalue weighted by Crippen LogP contribution is 2.43. The van der Waals surface area contributed by atoms with Crippen molar-refractivity contribution in [3.63, 3.8) is 0 Å². The second kappa shape index (κ2) is 8.51. The van der Waals surface area contributed by atoms with Gasteiger partial charge in [-0.15, -0.1) is 11.3 Å². The molecule has 6 aromatic carbocycles. The number of hydrogen-bond acceptors (Lipinski definition) is 4. The minimum atomic E-state index is 0.656. The summed E-state index contributed by atoms with van der Waals surface area (Å²) in [6, 6.07) is 44.7. The molecule has 5 heteroatoms. The summed E-state index contributed by atoms with van der Waals surface area (Å²) in [4.78, 5) is 11.7. The molecule has 0 fully saturated rings. The van der Waals surface area contributed by atoms with Crippen molar-refractivity contribution < 1.29 is 4.42 Å². The van der Waals surface area contributed by atoms with Gasteiger partial charge in [0.05, 0.1) is 16.7 Å². The Bertz CT molecular complexity index is 2750. The minimum Gasteiger partial charge on any atom is -0.455 e. The summed E-state index contributed by atoms with van der Waals surface area (Å²) in [6.07, 6.45) is 0. The number of para-hydroxylation sites is 3. The normalized spacial score (nSPS) is 12.2. The van der Waals surface area contributed by atoms with Crippen molar-refractivity contribution in [2.24, 2.45) is 0 Å². The molecule has 0 aliphatic rings. The second-order valence-electron chi connectivity index (χ2n) is 11.0. The van der Waals surface area contributed by atoms with E-state index in [-0.39, 0.29) is 0 Å². The van der Waals surface area contributed by atoms with Crippen LogP contribution >= 0.6 is 11.3 Å². The monoisotopic (exact) mass is 567 g/mol. The number of aromatic nitrogens is 3. The Hall–Kier alpha value is -5.52. The van der Waals surface area contributed by atoms with E-state index in [2.05, 4.69) is 120 Å². The van der Waals surface area contributed by atoms with Crippen LogP contribution in [0.3, 0.4) is 0 Å². The SMILES string of the molecule is c1ccc2cc3c(cc2c1)c1ccccc1n3-c1nc(-c2cccc3c2oc2ccccc23)c2c(n1)sc1ccccc12. The largest absolute Gasteiger partial charge is 0.455 e. The Balaban J connectivity index is 1.37. The Morgan fingerprint density at radius 2 is 1.28 bits per heavy atom. The van der Waals surface area contributed by atoms with E-state index in [0.717, 1.165) is 59.8 Å². The first-order valence-corrected chi connectivity index (χ1v) is 15.2. The molecule has 0 amide bonds. The Morgan fingerprint density at radius 3 is 2.19 bits per heavy atom. The van der Waals surface area contributed by atoms with E-state index >= 15 is 0 Å². The molecule has 0 spiro atoms. The van der Waals surface area contributed by atoms with Gasteiger partial charge in [0.15, 0.2) is 0 Å². The van der Waals surface area contributed by atoms with Crippen LogP contribution in [0.15, 0.2) is 132 Å². The Labute approximate surface area is 249 Å². The summed E-state index contributed by atoms with van der Waals surface area (Å²) in [5.74, 6) is 0.656. The van der Waals surface area contributed by atoms with Gasteiger partial charge in [0.1, 0.15) is 16.0 Å². The van der Waals surface area contributed by atoms with Crippen molar-refractivity contribution in [2.45, 2.75) is 0 Å². The maximum atomic E-state index is 6.53. The third-order valence-electron chi connectivity index (χ3n) is 8.63. The van der Waals surface area contributed by atoms with Gasteiger partial charge in [-0.2, -0.15) is 0 Å². The van der Waals surface area contributed by atoms with Crippen molar-refractivity contribution in [2.75, 3.05) is 0 Å². The van der Waals surface area contributed by atoms with Gasteiger partial charge >= 0.3 is 0 Å². The average molecular weight is 568 g/mol. The zero-order valence-corrected chi connectivity index (χ0v) is 23.6. The summed E-state index contributed by atoms with van der Waals surface area (Å²) < 4.78 is 9.95. The maximum absolute atomic E-state index is 6.53. The lowest BCUT2D eigenvalue weighted by atomic mass is 10.0. The Morgan fingerprint density at radius 1 is 0.558 bits per heavy atom. The number of benzene rings is 6. The number of rotatable bonds is 2. The van der Waals surface area contributed by atoms with Crippen LogP contribution in [0, 0.1) is 0 Å². The predicted octanol–water partition coefficient (Wildman–Crippen LogP) is 10.7. The van der Waals surface area contributed by atoms with Crippen molar-refractivity contribution >= 4 is 86.2 Å². The lowest BCUT2D eigenvalue weighted by molar-refractivity contribution is 0.670. The smallest absolute Gasteiger partial charge is 0.236 e. The molecule has 0 bridgehead atoms. The topological polar surface area (TPSA) is 43.9 Å². The second-order valence-corrected chi connectivity index (χ2v) is 12.0. The molecule has 0 saturated heterocycles. The fourth-order valence-corrected chi connectivity index (χ4v) is 7.78. The Kier molecular flexibility index (Phi) is 4.57. The molecule has 0 radical (unpaired) electrons. The van der Waals surface area contributed by atoms with E-state index in [9.17, 15) is 0 Å². The third-order valence-corrected chi connectivity index (χ3v) is 9.69. The quantitative estimate of drug-likeness (QED) is 0.209. The van der Waals surface area contributed by atoms with Crippen LogP contribution in [0.4, 0.5) is 0 Å². The zero-order chi connectivity index (χ0) is 28.1. The molecule has 0 N–H and O–H groups in total. The number of fused-ring (bicyclic) bond motifs is 10. The first kappa shape index (κ1) is 23.1. The van der Waals surface area contributed by atoms with Crippen molar-refractivity contribution in [1.29, 1.82) is 0 Å². The number of furan rings is 1. The van der Waals surface area contributed by atoms with Crippen LogP contribution in [0.1, 0.15) is 0 Å². The van der Waals surface area contributed by atoms with Gasteiger partial charge in [-0.3, -0.25) is 4.57 Å². The average Bonchev–Trinajstić information content (AvgIpc) is 3.72. The van der Waals surface area contributed by atoms with Crippen LogP contribution in [0.5, 0.6) is 0 Å². The van der Waals surface area contributed by atoms with Crippen molar-refractivity contribution in [1.82, 2.24) is 14.5 Å². The molecule has 43 heavy (non-hydrogen) atoms. The number of thiophene rings is 1. The molecule has 4 nitrogen and oxygen atoms in total. The summed E-state index contributed by atoms with van der Waals surface area (Å²) in [5.41, 5.74) is 5.75. The lowest BCUT2D eigenvalue weighted by Crippen LogP contribution is -2.02. The lowest BCUT2D eigenvalue weighted by Gasteiger charge is -2.11. The standard InChI is InChI=1S/C38H21N3OS/c1-2-11-23-21-31-29(20-22(23)10-1)24-12-3-6-17-30(24)41(31)38-39-35(34-27-14-5-8-19-33(27)43-37(34)40-38)28-16-9-15-26-25-13-4-7-18-32(25)42-36(26)28/h1-21H. The molecular weight excluding hydrogens is 547 g/mol. The van der Waals surface area contributed by atoms with E-state index in [0.29, 0.717) is 5.95 Å². The molecule has 0 atom stereocenters. The molecule has 0 aliphatic carbocycles. The molecule has 4 aromatic heterocycles. The molecule has 0 unspecified atom stereocenters. The third kappa shape index (κ3) is 3.20. The summed E-state index contributed by atoms with van der Waals surface area (Å²) in [5, 5.41) is 9.19. The van der Waals surface area contributed by atoms with Gasteiger partial charge in [0.2, 0.25) is 5.95 Å². The van der Waals surface area contributed by atoms with Gasteiger partial charge in [0, 0.05) is 42.6 Å². The van der Waals surface area contributed by atoms with Crippen LogP contribution in [-0.4, -0.2) is 14.5 Å². The van der Waals surface area contributed by atoms with E-state index in [4.69, 9.17) is 14.4 Å². The minimum absolute atomic E-state index is 0.656. The molecule has 200 valence electrons.